The van der Waals surface area contributed by atoms with Crippen molar-refractivity contribution in [3.63, 3.8) is 0 Å². The summed E-state index contributed by atoms with van der Waals surface area (Å²) in [7, 11) is 0. The Bertz CT molecular complexity index is 583. The van der Waals surface area contributed by atoms with Crippen LogP contribution in [-0.4, -0.2) is 32.5 Å². The number of carboxylic acid groups (broad SMARTS) is 1. The number of aliphatic carboxylic acids is 1. The van der Waals surface area contributed by atoms with E-state index in [1.54, 1.807) is 0 Å². The summed E-state index contributed by atoms with van der Waals surface area (Å²) >= 11 is 6.03. The van der Waals surface area contributed by atoms with E-state index >= 15 is 0 Å². The monoisotopic (exact) mass is 325 g/mol. The number of carbonyl (C=O) groups is 2. The standard InChI is InChI=1S/C15H20ClN3O3/c1-9(2)13-17-8-10(16)12(18-13)14(22)19-15(7-11(20)21)5-3-4-6-15/h8-9H,3-7H2,1-2H3,(H,19,22)(H,20,21). The molecule has 0 spiro atoms. The van der Waals surface area contributed by atoms with Crippen molar-refractivity contribution in [2.75, 3.05) is 0 Å². The molecule has 2 N–H and O–H groups in total. The third-order valence-corrected chi connectivity index (χ3v) is 4.20. The molecule has 120 valence electrons. The van der Waals surface area contributed by atoms with Gasteiger partial charge in [0.25, 0.3) is 5.91 Å². The van der Waals surface area contributed by atoms with E-state index < -0.39 is 17.4 Å². The van der Waals surface area contributed by atoms with Crippen LogP contribution in [0.3, 0.4) is 0 Å². The van der Waals surface area contributed by atoms with Gasteiger partial charge in [-0.05, 0) is 12.8 Å². The minimum atomic E-state index is -0.918. The fourth-order valence-electron chi connectivity index (χ4n) is 2.81. The van der Waals surface area contributed by atoms with E-state index in [1.807, 2.05) is 13.8 Å². The highest BCUT2D eigenvalue weighted by molar-refractivity contribution is 6.33. The first-order valence-electron chi connectivity index (χ1n) is 7.40. The van der Waals surface area contributed by atoms with Gasteiger partial charge < -0.3 is 10.4 Å². The third kappa shape index (κ3) is 3.74. The van der Waals surface area contributed by atoms with Crippen LogP contribution in [0.25, 0.3) is 0 Å². The highest BCUT2D eigenvalue weighted by Gasteiger charge is 2.38. The number of hydrogen-bond acceptors (Lipinski definition) is 4. The van der Waals surface area contributed by atoms with E-state index in [1.165, 1.54) is 6.20 Å². The van der Waals surface area contributed by atoms with Crippen molar-refractivity contribution in [1.82, 2.24) is 15.3 Å². The summed E-state index contributed by atoms with van der Waals surface area (Å²) in [4.78, 5) is 31.9. The average molecular weight is 326 g/mol. The van der Waals surface area contributed by atoms with Gasteiger partial charge in [-0.1, -0.05) is 38.3 Å². The Morgan fingerprint density at radius 2 is 2.05 bits per heavy atom. The minimum absolute atomic E-state index is 0.0725. The van der Waals surface area contributed by atoms with Crippen LogP contribution in [0.15, 0.2) is 6.20 Å². The van der Waals surface area contributed by atoms with Gasteiger partial charge in [0.2, 0.25) is 0 Å². The summed E-state index contributed by atoms with van der Waals surface area (Å²) < 4.78 is 0. The maximum atomic E-state index is 12.5. The minimum Gasteiger partial charge on any atom is -0.481 e. The van der Waals surface area contributed by atoms with E-state index in [2.05, 4.69) is 15.3 Å². The van der Waals surface area contributed by atoms with Crippen molar-refractivity contribution >= 4 is 23.5 Å². The van der Waals surface area contributed by atoms with Gasteiger partial charge in [-0.3, -0.25) is 9.59 Å². The van der Waals surface area contributed by atoms with E-state index in [0.717, 1.165) is 12.8 Å². The number of hydrogen-bond donors (Lipinski definition) is 2. The van der Waals surface area contributed by atoms with Crippen molar-refractivity contribution in [1.29, 1.82) is 0 Å². The van der Waals surface area contributed by atoms with Gasteiger partial charge in [0, 0.05) is 5.92 Å². The van der Waals surface area contributed by atoms with Gasteiger partial charge in [0.1, 0.15) is 11.5 Å². The van der Waals surface area contributed by atoms with Crippen molar-refractivity contribution in [2.45, 2.75) is 57.4 Å². The van der Waals surface area contributed by atoms with Crippen molar-refractivity contribution in [2.24, 2.45) is 0 Å². The second kappa shape index (κ2) is 6.60. The molecule has 1 aliphatic carbocycles. The van der Waals surface area contributed by atoms with Crippen LogP contribution in [0.5, 0.6) is 0 Å². The lowest BCUT2D eigenvalue weighted by Crippen LogP contribution is -2.48. The van der Waals surface area contributed by atoms with Gasteiger partial charge >= 0.3 is 5.97 Å². The molecule has 1 fully saturated rings. The first kappa shape index (κ1) is 16.7. The second-order valence-corrected chi connectivity index (χ2v) is 6.50. The van der Waals surface area contributed by atoms with Gasteiger partial charge in [0.15, 0.2) is 0 Å². The molecule has 1 saturated carbocycles. The fraction of sp³-hybridized carbons (Fsp3) is 0.600. The first-order valence-corrected chi connectivity index (χ1v) is 7.77. The number of halogens is 1. The highest BCUT2D eigenvalue weighted by atomic mass is 35.5. The Balaban J connectivity index is 2.24. The largest absolute Gasteiger partial charge is 0.481 e. The Labute approximate surface area is 134 Å². The van der Waals surface area contributed by atoms with Gasteiger partial charge in [-0.25, -0.2) is 9.97 Å². The number of nitrogens with zero attached hydrogens (tertiary/aromatic N) is 2. The highest BCUT2D eigenvalue weighted by Crippen LogP contribution is 2.33. The van der Waals surface area contributed by atoms with Crippen LogP contribution >= 0.6 is 11.6 Å². The first-order chi connectivity index (χ1) is 10.3. The number of amides is 1. The molecular weight excluding hydrogens is 306 g/mol. The molecule has 1 aliphatic rings. The Hall–Kier alpha value is -1.69. The summed E-state index contributed by atoms with van der Waals surface area (Å²) in [6.07, 6.45) is 4.45. The molecule has 7 heteroatoms. The molecule has 0 unspecified atom stereocenters. The predicted molar refractivity (Wildman–Crippen MR) is 82.0 cm³/mol. The summed E-state index contributed by atoms with van der Waals surface area (Å²) in [6.45, 7) is 3.85. The van der Waals surface area contributed by atoms with Crippen LogP contribution in [0, 0.1) is 0 Å². The molecule has 22 heavy (non-hydrogen) atoms. The summed E-state index contributed by atoms with van der Waals surface area (Å²) in [5.74, 6) is -0.743. The SMILES string of the molecule is CC(C)c1ncc(Cl)c(C(=O)NC2(CC(=O)O)CCCC2)n1. The van der Waals surface area contributed by atoms with Crippen LogP contribution < -0.4 is 5.32 Å². The molecule has 0 saturated heterocycles. The van der Waals surface area contributed by atoms with E-state index in [-0.39, 0.29) is 23.1 Å². The van der Waals surface area contributed by atoms with Crippen molar-refractivity contribution in [3.05, 3.63) is 22.7 Å². The lowest BCUT2D eigenvalue weighted by atomic mass is 9.93. The molecule has 1 aromatic rings. The maximum Gasteiger partial charge on any atom is 0.305 e. The van der Waals surface area contributed by atoms with Gasteiger partial charge in [-0.15, -0.1) is 0 Å². The van der Waals surface area contributed by atoms with Crippen molar-refractivity contribution < 1.29 is 14.7 Å². The number of carboxylic acids is 1. The van der Waals surface area contributed by atoms with Crippen LogP contribution in [0.2, 0.25) is 5.02 Å². The topological polar surface area (TPSA) is 92.2 Å². The quantitative estimate of drug-likeness (QED) is 0.868. The summed E-state index contributed by atoms with van der Waals surface area (Å²) in [6, 6.07) is 0. The number of nitrogens with one attached hydrogen (secondary N) is 1. The normalized spacial score (nSPS) is 16.7. The van der Waals surface area contributed by atoms with E-state index in [9.17, 15) is 9.59 Å². The predicted octanol–water partition coefficient (Wildman–Crippen LogP) is 2.77. The maximum absolute atomic E-state index is 12.5. The lowest BCUT2D eigenvalue weighted by Gasteiger charge is -2.28. The number of aromatic nitrogens is 2. The van der Waals surface area contributed by atoms with E-state index in [4.69, 9.17) is 16.7 Å². The van der Waals surface area contributed by atoms with Crippen LogP contribution in [-0.2, 0) is 4.79 Å². The third-order valence-electron chi connectivity index (χ3n) is 3.92. The molecule has 1 heterocycles. The molecule has 0 bridgehead atoms. The lowest BCUT2D eigenvalue weighted by molar-refractivity contribution is -0.138. The molecular formula is C15H20ClN3O3. The molecule has 1 amide bonds. The zero-order valence-corrected chi connectivity index (χ0v) is 13.5. The Kier molecular flexibility index (Phi) is 5.01. The molecule has 1 aromatic heterocycles. The molecule has 2 rings (SSSR count). The summed E-state index contributed by atoms with van der Waals surface area (Å²) in [5.41, 5.74) is -0.591. The molecule has 0 atom stereocenters. The molecule has 6 nitrogen and oxygen atoms in total. The second-order valence-electron chi connectivity index (χ2n) is 6.09. The van der Waals surface area contributed by atoms with Gasteiger partial charge in [-0.2, -0.15) is 0 Å². The molecule has 0 radical (unpaired) electrons. The summed E-state index contributed by atoms with van der Waals surface area (Å²) in [5, 5.41) is 12.1. The molecule has 0 aromatic carbocycles. The van der Waals surface area contributed by atoms with Crippen molar-refractivity contribution in [3.8, 4) is 0 Å². The Morgan fingerprint density at radius 1 is 1.41 bits per heavy atom. The van der Waals surface area contributed by atoms with Gasteiger partial charge in [0.05, 0.1) is 23.2 Å². The smallest absolute Gasteiger partial charge is 0.305 e. The Morgan fingerprint density at radius 3 is 2.59 bits per heavy atom. The van der Waals surface area contributed by atoms with Crippen LogP contribution in [0.1, 0.15) is 68.2 Å². The number of carbonyl (C=O) groups excluding carboxylic acids is 1. The van der Waals surface area contributed by atoms with E-state index in [0.29, 0.717) is 18.7 Å². The molecule has 0 aliphatic heterocycles. The average Bonchev–Trinajstić information content (AvgIpc) is 2.85. The number of rotatable bonds is 5. The zero-order valence-electron chi connectivity index (χ0n) is 12.7. The van der Waals surface area contributed by atoms with Crippen LogP contribution in [0.4, 0.5) is 0 Å². The fourth-order valence-corrected chi connectivity index (χ4v) is 2.98. The zero-order chi connectivity index (χ0) is 16.3.